The number of amides is 1. The molecule has 7 heteroatoms. The number of ether oxygens (including phenoxy) is 1. The molecule has 0 aliphatic carbocycles. The molecule has 168 valence electrons. The summed E-state index contributed by atoms with van der Waals surface area (Å²) in [4.78, 5) is 19.1. The van der Waals surface area contributed by atoms with Crippen LogP contribution in [0.25, 0.3) is 11.4 Å². The number of rotatable bonds is 9. The van der Waals surface area contributed by atoms with Crippen molar-refractivity contribution in [2.75, 3.05) is 24.4 Å². The number of para-hydroxylation sites is 3. The highest BCUT2D eigenvalue weighted by Gasteiger charge is 2.13. The van der Waals surface area contributed by atoms with Crippen LogP contribution in [0.15, 0.2) is 83.4 Å². The molecule has 0 radical (unpaired) electrons. The van der Waals surface area contributed by atoms with Crippen LogP contribution in [-0.4, -0.2) is 30.2 Å². The zero-order valence-corrected chi connectivity index (χ0v) is 18.7. The molecule has 1 N–H and O–H groups in total. The van der Waals surface area contributed by atoms with Crippen molar-refractivity contribution >= 4 is 23.0 Å². The number of nitrogens with zero attached hydrogens (tertiary/aromatic N) is 3. The fraction of sp³-hybridized carbons (Fsp3) is 0.192. The van der Waals surface area contributed by atoms with E-state index in [0.717, 1.165) is 28.4 Å². The highest BCUT2D eigenvalue weighted by molar-refractivity contribution is 5.95. The SMILES string of the molecule is COc1ccc(-c2noc(CCCC(=O)Nc3ccccc3N(C)c3ccccc3)n2)cc1. The van der Waals surface area contributed by atoms with Crippen molar-refractivity contribution in [3.05, 3.63) is 84.8 Å². The van der Waals surface area contributed by atoms with Crippen LogP contribution in [-0.2, 0) is 11.2 Å². The van der Waals surface area contributed by atoms with Gasteiger partial charge >= 0.3 is 0 Å². The maximum atomic E-state index is 12.6. The molecule has 0 aliphatic heterocycles. The van der Waals surface area contributed by atoms with Gasteiger partial charge in [0.2, 0.25) is 17.6 Å². The summed E-state index contributed by atoms with van der Waals surface area (Å²) in [7, 11) is 3.61. The quantitative estimate of drug-likeness (QED) is 0.370. The first-order chi connectivity index (χ1) is 16.1. The molecule has 0 fully saturated rings. The second-order valence-electron chi connectivity index (χ2n) is 7.55. The molecule has 0 saturated carbocycles. The summed E-state index contributed by atoms with van der Waals surface area (Å²) in [5, 5.41) is 7.06. The van der Waals surface area contributed by atoms with Crippen molar-refractivity contribution in [1.29, 1.82) is 0 Å². The van der Waals surface area contributed by atoms with E-state index >= 15 is 0 Å². The molecular weight excluding hydrogens is 416 g/mol. The summed E-state index contributed by atoms with van der Waals surface area (Å²) in [6.07, 6.45) is 1.48. The largest absolute Gasteiger partial charge is 0.497 e. The smallest absolute Gasteiger partial charge is 0.226 e. The Labute approximate surface area is 193 Å². The van der Waals surface area contributed by atoms with Gasteiger partial charge in [0.25, 0.3) is 0 Å². The van der Waals surface area contributed by atoms with Gasteiger partial charge in [0.05, 0.1) is 18.5 Å². The topological polar surface area (TPSA) is 80.5 Å². The van der Waals surface area contributed by atoms with Crippen LogP contribution in [0.5, 0.6) is 5.75 Å². The van der Waals surface area contributed by atoms with Crippen LogP contribution in [0.3, 0.4) is 0 Å². The highest BCUT2D eigenvalue weighted by atomic mass is 16.5. The number of aryl methyl sites for hydroxylation is 1. The summed E-state index contributed by atoms with van der Waals surface area (Å²) in [5.74, 6) is 1.75. The van der Waals surface area contributed by atoms with Gasteiger partial charge in [0, 0.05) is 31.1 Å². The number of benzene rings is 3. The van der Waals surface area contributed by atoms with Crippen molar-refractivity contribution in [1.82, 2.24) is 10.1 Å². The van der Waals surface area contributed by atoms with E-state index in [9.17, 15) is 4.79 Å². The molecule has 0 atom stereocenters. The van der Waals surface area contributed by atoms with Gasteiger partial charge in [-0.3, -0.25) is 4.79 Å². The van der Waals surface area contributed by atoms with Crippen molar-refractivity contribution in [3.8, 4) is 17.1 Å². The van der Waals surface area contributed by atoms with Crippen LogP contribution in [0.4, 0.5) is 17.1 Å². The molecular formula is C26H26N4O3. The predicted molar refractivity (Wildman–Crippen MR) is 129 cm³/mol. The number of carbonyl (C=O) groups excluding carboxylic acids is 1. The monoisotopic (exact) mass is 442 g/mol. The van der Waals surface area contributed by atoms with Crippen LogP contribution in [0.1, 0.15) is 18.7 Å². The van der Waals surface area contributed by atoms with E-state index in [-0.39, 0.29) is 5.91 Å². The maximum Gasteiger partial charge on any atom is 0.226 e. The van der Waals surface area contributed by atoms with E-state index in [1.807, 2.05) is 85.9 Å². The predicted octanol–water partition coefficient (Wildman–Crippen LogP) is 5.47. The zero-order valence-electron chi connectivity index (χ0n) is 18.7. The third-order valence-corrected chi connectivity index (χ3v) is 5.29. The number of anilines is 3. The van der Waals surface area contributed by atoms with Crippen molar-refractivity contribution in [3.63, 3.8) is 0 Å². The first kappa shape index (κ1) is 22.1. The van der Waals surface area contributed by atoms with E-state index < -0.39 is 0 Å². The van der Waals surface area contributed by atoms with Gasteiger partial charge in [-0.2, -0.15) is 4.98 Å². The molecule has 3 aromatic carbocycles. The molecule has 7 nitrogen and oxygen atoms in total. The van der Waals surface area contributed by atoms with Gasteiger partial charge < -0.3 is 19.5 Å². The van der Waals surface area contributed by atoms with Gasteiger partial charge in [-0.25, -0.2) is 0 Å². The highest BCUT2D eigenvalue weighted by Crippen LogP contribution is 2.30. The lowest BCUT2D eigenvalue weighted by molar-refractivity contribution is -0.116. The average molecular weight is 443 g/mol. The van der Waals surface area contributed by atoms with E-state index in [0.29, 0.717) is 31.0 Å². The minimum Gasteiger partial charge on any atom is -0.497 e. The Morgan fingerprint density at radius 1 is 1.00 bits per heavy atom. The molecule has 0 bridgehead atoms. The van der Waals surface area contributed by atoms with Crippen molar-refractivity contribution < 1.29 is 14.1 Å². The summed E-state index contributed by atoms with van der Waals surface area (Å²) in [5.41, 5.74) is 3.59. The average Bonchev–Trinajstić information content (AvgIpc) is 3.33. The number of nitrogens with one attached hydrogen (secondary N) is 1. The number of carbonyl (C=O) groups is 1. The second kappa shape index (κ2) is 10.5. The van der Waals surface area contributed by atoms with Gasteiger partial charge in [-0.05, 0) is 55.0 Å². The summed E-state index contributed by atoms with van der Waals surface area (Å²) in [6, 6.07) is 25.3. The van der Waals surface area contributed by atoms with Gasteiger partial charge in [-0.1, -0.05) is 35.5 Å². The fourth-order valence-corrected chi connectivity index (χ4v) is 3.49. The lowest BCUT2D eigenvalue weighted by Gasteiger charge is -2.22. The zero-order chi connectivity index (χ0) is 23.0. The van der Waals surface area contributed by atoms with E-state index in [2.05, 4.69) is 20.4 Å². The van der Waals surface area contributed by atoms with Crippen LogP contribution in [0, 0.1) is 0 Å². The molecule has 4 aromatic rings. The summed E-state index contributed by atoms with van der Waals surface area (Å²) >= 11 is 0. The van der Waals surface area contributed by atoms with E-state index in [4.69, 9.17) is 9.26 Å². The van der Waals surface area contributed by atoms with Gasteiger partial charge in [0.15, 0.2) is 0 Å². The minimum absolute atomic E-state index is 0.0567. The Morgan fingerprint density at radius 2 is 1.73 bits per heavy atom. The number of hydrogen-bond donors (Lipinski definition) is 1. The van der Waals surface area contributed by atoms with Crippen LogP contribution in [0.2, 0.25) is 0 Å². The van der Waals surface area contributed by atoms with E-state index in [1.165, 1.54) is 0 Å². The number of aromatic nitrogens is 2. The third kappa shape index (κ3) is 5.57. The van der Waals surface area contributed by atoms with Crippen LogP contribution >= 0.6 is 0 Å². The summed E-state index contributed by atoms with van der Waals surface area (Å²) in [6.45, 7) is 0. The molecule has 1 aromatic heterocycles. The second-order valence-corrected chi connectivity index (χ2v) is 7.55. The minimum atomic E-state index is -0.0567. The molecule has 0 saturated heterocycles. The third-order valence-electron chi connectivity index (χ3n) is 5.29. The Balaban J connectivity index is 1.32. The molecule has 4 rings (SSSR count). The molecule has 0 aliphatic rings. The Kier molecular flexibility index (Phi) is 6.99. The normalized spacial score (nSPS) is 10.6. The Hall–Kier alpha value is -4.13. The maximum absolute atomic E-state index is 12.6. The lowest BCUT2D eigenvalue weighted by atomic mass is 10.2. The number of hydrogen-bond acceptors (Lipinski definition) is 6. The fourth-order valence-electron chi connectivity index (χ4n) is 3.49. The first-order valence-electron chi connectivity index (χ1n) is 10.8. The number of methoxy groups -OCH3 is 1. The molecule has 33 heavy (non-hydrogen) atoms. The van der Waals surface area contributed by atoms with Crippen molar-refractivity contribution in [2.45, 2.75) is 19.3 Å². The Morgan fingerprint density at radius 3 is 2.48 bits per heavy atom. The lowest BCUT2D eigenvalue weighted by Crippen LogP contribution is -2.16. The van der Waals surface area contributed by atoms with Gasteiger partial charge in [0.1, 0.15) is 5.75 Å². The summed E-state index contributed by atoms with van der Waals surface area (Å²) < 4.78 is 10.5. The first-order valence-corrected chi connectivity index (χ1v) is 10.8. The van der Waals surface area contributed by atoms with Crippen LogP contribution < -0.4 is 15.0 Å². The standard InChI is InChI=1S/C26H26N4O3/c1-30(20-9-4-3-5-10-20)23-12-7-6-11-22(23)27-24(31)13-8-14-25-28-26(29-33-25)19-15-17-21(32-2)18-16-19/h3-7,9-12,15-18H,8,13-14H2,1-2H3,(H,27,31). The van der Waals surface area contributed by atoms with Crippen molar-refractivity contribution in [2.24, 2.45) is 0 Å². The molecule has 0 unspecified atom stereocenters. The Bertz CT molecular complexity index is 1190. The molecule has 1 amide bonds. The molecule has 0 spiro atoms. The molecule has 1 heterocycles. The van der Waals surface area contributed by atoms with E-state index in [1.54, 1.807) is 7.11 Å². The van der Waals surface area contributed by atoms with Gasteiger partial charge in [-0.15, -0.1) is 0 Å².